The maximum Gasteiger partial charge on any atom is 0.404 e. The van der Waals surface area contributed by atoms with Gasteiger partial charge in [0.15, 0.2) is 5.41 Å². The molecule has 1 aromatic heterocycles. The van der Waals surface area contributed by atoms with Crippen LogP contribution in [0, 0.1) is 5.41 Å². The topological polar surface area (TPSA) is 54.0 Å². The molecule has 1 saturated heterocycles. The van der Waals surface area contributed by atoms with E-state index in [9.17, 15) is 18.0 Å². The lowest BCUT2D eigenvalue weighted by atomic mass is 9.85. The summed E-state index contributed by atoms with van der Waals surface area (Å²) in [6, 6.07) is 2.87. The number of pyridine rings is 1. The standard InChI is InChI=1S/C13H16F3N3O/c1-9(10-3-2-5-17-7-10)19-11(20)12(13(14,15)16)4-6-18-8-12/h2-3,5,7,9,18H,4,6,8H2,1H3,(H,19,20)/t9-,12?/m0/s1. The molecule has 1 aliphatic heterocycles. The molecule has 1 aliphatic rings. The highest BCUT2D eigenvalue weighted by Gasteiger charge is 2.61. The zero-order valence-electron chi connectivity index (χ0n) is 11.0. The van der Waals surface area contributed by atoms with Gasteiger partial charge in [0.2, 0.25) is 5.91 Å². The second-order valence-corrected chi connectivity index (χ2v) is 4.99. The number of aromatic nitrogens is 1. The van der Waals surface area contributed by atoms with Crippen molar-refractivity contribution in [2.24, 2.45) is 5.41 Å². The lowest BCUT2D eigenvalue weighted by Gasteiger charge is -2.30. The molecule has 0 aromatic carbocycles. The number of alkyl halides is 3. The Kier molecular flexibility index (Phi) is 3.99. The van der Waals surface area contributed by atoms with Crippen LogP contribution in [0.1, 0.15) is 24.9 Å². The zero-order valence-corrected chi connectivity index (χ0v) is 11.0. The second-order valence-electron chi connectivity index (χ2n) is 4.99. The summed E-state index contributed by atoms with van der Waals surface area (Å²) in [6.07, 6.45) is -1.70. The first kappa shape index (κ1) is 14.8. The van der Waals surface area contributed by atoms with E-state index in [4.69, 9.17) is 0 Å². The lowest BCUT2D eigenvalue weighted by molar-refractivity contribution is -0.216. The van der Waals surface area contributed by atoms with E-state index in [1.54, 1.807) is 25.3 Å². The quantitative estimate of drug-likeness (QED) is 0.891. The molecule has 0 radical (unpaired) electrons. The van der Waals surface area contributed by atoms with Crippen LogP contribution in [0.2, 0.25) is 0 Å². The molecule has 2 N–H and O–H groups in total. The molecule has 110 valence electrons. The number of nitrogens with zero attached hydrogens (tertiary/aromatic N) is 1. The highest BCUT2D eigenvalue weighted by atomic mass is 19.4. The molecular weight excluding hydrogens is 271 g/mol. The van der Waals surface area contributed by atoms with E-state index in [-0.39, 0.29) is 19.5 Å². The van der Waals surface area contributed by atoms with Crippen molar-refractivity contribution < 1.29 is 18.0 Å². The molecule has 1 unspecified atom stereocenters. The minimum atomic E-state index is -4.56. The van der Waals surface area contributed by atoms with E-state index in [2.05, 4.69) is 15.6 Å². The van der Waals surface area contributed by atoms with Crippen molar-refractivity contribution in [3.8, 4) is 0 Å². The van der Waals surface area contributed by atoms with Gasteiger partial charge in [-0.25, -0.2) is 0 Å². The fourth-order valence-corrected chi connectivity index (χ4v) is 2.31. The molecule has 7 heteroatoms. The fourth-order valence-electron chi connectivity index (χ4n) is 2.31. The van der Waals surface area contributed by atoms with Gasteiger partial charge in [0, 0.05) is 18.9 Å². The highest BCUT2D eigenvalue weighted by molar-refractivity contribution is 5.84. The van der Waals surface area contributed by atoms with Crippen LogP contribution in [-0.2, 0) is 4.79 Å². The first-order valence-corrected chi connectivity index (χ1v) is 6.35. The van der Waals surface area contributed by atoms with Crippen molar-refractivity contribution in [2.75, 3.05) is 13.1 Å². The van der Waals surface area contributed by atoms with Crippen molar-refractivity contribution in [1.82, 2.24) is 15.6 Å². The number of rotatable bonds is 3. The van der Waals surface area contributed by atoms with Gasteiger partial charge in [-0.2, -0.15) is 13.2 Å². The van der Waals surface area contributed by atoms with Gasteiger partial charge >= 0.3 is 6.18 Å². The predicted molar refractivity (Wildman–Crippen MR) is 66.8 cm³/mol. The molecule has 0 aliphatic carbocycles. The predicted octanol–water partition coefficient (Wildman–Crippen LogP) is 1.80. The molecular formula is C13H16F3N3O. The average Bonchev–Trinajstić information content (AvgIpc) is 2.90. The largest absolute Gasteiger partial charge is 0.404 e. The summed E-state index contributed by atoms with van der Waals surface area (Å²) in [7, 11) is 0. The number of nitrogens with one attached hydrogen (secondary N) is 2. The number of carbonyl (C=O) groups is 1. The van der Waals surface area contributed by atoms with Crippen LogP contribution < -0.4 is 10.6 Å². The fraction of sp³-hybridized carbons (Fsp3) is 0.538. The number of halogens is 3. The SMILES string of the molecule is C[C@H](NC(=O)C1(C(F)(F)F)CCNC1)c1cccnc1. The summed E-state index contributed by atoms with van der Waals surface area (Å²) in [5.41, 5.74) is -1.66. The zero-order chi connectivity index (χ0) is 14.8. The Morgan fingerprint density at radius 2 is 2.30 bits per heavy atom. The molecule has 20 heavy (non-hydrogen) atoms. The van der Waals surface area contributed by atoms with Crippen molar-refractivity contribution in [2.45, 2.75) is 25.6 Å². The van der Waals surface area contributed by atoms with Gasteiger partial charge in [0.25, 0.3) is 0 Å². The summed E-state index contributed by atoms with van der Waals surface area (Å²) in [5.74, 6) is -0.980. The second kappa shape index (κ2) is 5.40. The molecule has 1 aromatic rings. The van der Waals surface area contributed by atoms with Gasteiger partial charge in [-0.15, -0.1) is 0 Å². The summed E-state index contributed by atoms with van der Waals surface area (Å²) in [5, 5.41) is 5.07. The molecule has 2 rings (SSSR count). The van der Waals surface area contributed by atoms with Gasteiger partial charge in [0.1, 0.15) is 0 Å². The van der Waals surface area contributed by atoms with Crippen LogP contribution in [0.25, 0.3) is 0 Å². The van der Waals surface area contributed by atoms with Crippen LogP contribution in [0.15, 0.2) is 24.5 Å². The van der Waals surface area contributed by atoms with Crippen molar-refractivity contribution in [3.05, 3.63) is 30.1 Å². The molecule has 1 fully saturated rings. The van der Waals surface area contributed by atoms with Crippen LogP contribution in [-0.4, -0.2) is 30.2 Å². The monoisotopic (exact) mass is 287 g/mol. The Morgan fingerprint density at radius 3 is 2.80 bits per heavy atom. The number of carbonyl (C=O) groups excluding carboxylic acids is 1. The van der Waals surface area contributed by atoms with E-state index >= 15 is 0 Å². The van der Waals surface area contributed by atoms with Crippen molar-refractivity contribution in [1.29, 1.82) is 0 Å². The van der Waals surface area contributed by atoms with Crippen molar-refractivity contribution in [3.63, 3.8) is 0 Å². The average molecular weight is 287 g/mol. The normalized spacial score (nSPS) is 24.4. The minimum absolute atomic E-state index is 0.189. The van der Waals surface area contributed by atoms with E-state index in [0.29, 0.717) is 5.56 Å². The maximum absolute atomic E-state index is 13.2. The van der Waals surface area contributed by atoms with E-state index in [1.165, 1.54) is 6.20 Å². The van der Waals surface area contributed by atoms with Gasteiger partial charge < -0.3 is 10.6 Å². The number of hydrogen-bond donors (Lipinski definition) is 2. The third kappa shape index (κ3) is 2.63. The van der Waals surface area contributed by atoms with Crippen LogP contribution in [0.5, 0.6) is 0 Å². The Labute approximate surface area is 114 Å². The molecule has 1 amide bonds. The summed E-state index contributed by atoms with van der Waals surface area (Å²) >= 11 is 0. The number of amides is 1. The number of hydrogen-bond acceptors (Lipinski definition) is 3. The highest BCUT2D eigenvalue weighted by Crippen LogP contribution is 2.43. The van der Waals surface area contributed by atoms with Gasteiger partial charge in [-0.1, -0.05) is 6.07 Å². The smallest absolute Gasteiger partial charge is 0.349 e. The maximum atomic E-state index is 13.2. The molecule has 0 saturated carbocycles. The lowest BCUT2D eigenvalue weighted by Crippen LogP contribution is -2.52. The summed E-state index contributed by atoms with van der Waals surface area (Å²) < 4.78 is 39.6. The van der Waals surface area contributed by atoms with Gasteiger partial charge in [-0.3, -0.25) is 9.78 Å². The van der Waals surface area contributed by atoms with E-state index < -0.39 is 23.5 Å². The molecule has 4 nitrogen and oxygen atoms in total. The van der Waals surface area contributed by atoms with E-state index in [0.717, 1.165) is 0 Å². The Balaban J connectivity index is 2.14. The Bertz CT molecular complexity index is 469. The summed E-state index contributed by atoms with van der Waals surface area (Å²) in [4.78, 5) is 16.0. The third-order valence-electron chi connectivity index (χ3n) is 3.66. The van der Waals surface area contributed by atoms with Gasteiger partial charge in [-0.05, 0) is 31.5 Å². The molecule has 0 spiro atoms. The first-order valence-electron chi connectivity index (χ1n) is 6.35. The minimum Gasteiger partial charge on any atom is -0.349 e. The molecule has 0 bridgehead atoms. The Morgan fingerprint density at radius 1 is 1.55 bits per heavy atom. The molecule has 2 heterocycles. The summed E-state index contributed by atoms with van der Waals surface area (Å²) in [6.45, 7) is 1.46. The van der Waals surface area contributed by atoms with Crippen LogP contribution in [0.3, 0.4) is 0 Å². The molecule has 2 atom stereocenters. The van der Waals surface area contributed by atoms with E-state index in [1.807, 2.05) is 0 Å². The van der Waals surface area contributed by atoms with Crippen molar-refractivity contribution >= 4 is 5.91 Å². The third-order valence-corrected chi connectivity index (χ3v) is 3.66. The van der Waals surface area contributed by atoms with Crippen LogP contribution >= 0.6 is 0 Å². The van der Waals surface area contributed by atoms with Gasteiger partial charge in [0.05, 0.1) is 6.04 Å². The first-order chi connectivity index (χ1) is 9.37. The Hall–Kier alpha value is -1.63. The van der Waals surface area contributed by atoms with Crippen LogP contribution in [0.4, 0.5) is 13.2 Å².